The monoisotopic (exact) mass is 245 g/mol. The number of nitrogens with zero attached hydrogens (tertiary/aromatic N) is 3. The van der Waals surface area contributed by atoms with E-state index in [1.807, 2.05) is 45.0 Å². The fraction of sp³-hybridized carbons (Fsp3) is 0.308. The largest absolute Gasteiger partial charge is 0.476 e. The van der Waals surface area contributed by atoms with Gasteiger partial charge < -0.3 is 5.11 Å². The molecule has 5 nitrogen and oxygen atoms in total. The molecule has 0 aliphatic carbocycles. The van der Waals surface area contributed by atoms with Crippen molar-refractivity contribution < 1.29 is 9.90 Å². The summed E-state index contributed by atoms with van der Waals surface area (Å²) in [5, 5.41) is 16.8. The predicted octanol–water partition coefficient (Wildman–Crippen LogP) is 2.40. The van der Waals surface area contributed by atoms with Gasteiger partial charge in [0.05, 0.1) is 11.4 Å². The third kappa shape index (κ3) is 2.11. The molecule has 0 bridgehead atoms. The van der Waals surface area contributed by atoms with Gasteiger partial charge in [0.15, 0.2) is 5.69 Å². The van der Waals surface area contributed by atoms with Crippen molar-refractivity contribution >= 4 is 5.97 Å². The molecule has 0 fully saturated rings. The Labute approximate surface area is 105 Å². The Morgan fingerprint density at radius 1 is 1.28 bits per heavy atom. The van der Waals surface area contributed by atoms with E-state index in [4.69, 9.17) is 5.11 Å². The highest BCUT2D eigenvalue weighted by atomic mass is 16.4. The number of aromatic carboxylic acids is 1. The molecule has 0 spiro atoms. The summed E-state index contributed by atoms with van der Waals surface area (Å²) in [6, 6.07) is 7.73. The van der Waals surface area contributed by atoms with E-state index in [0.29, 0.717) is 5.69 Å². The number of aromatic nitrogens is 3. The van der Waals surface area contributed by atoms with E-state index in [1.165, 1.54) is 0 Å². The molecule has 0 saturated heterocycles. The Morgan fingerprint density at radius 3 is 2.39 bits per heavy atom. The summed E-state index contributed by atoms with van der Waals surface area (Å²) < 4.78 is 1.59. The van der Waals surface area contributed by atoms with Crippen molar-refractivity contribution in [3.05, 3.63) is 41.2 Å². The highest BCUT2D eigenvalue weighted by Gasteiger charge is 2.22. The molecule has 0 unspecified atom stereocenters. The van der Waals surface area contributed by atoms with Crippen LogP contribution in [0.2, 0.25) is 0 Å². The SMILES string of the molecule is Cc1ccc(-n2nnc(C(=O)O)c2C(C)C)cc1. The molecule has 18 heavy (non-hydrogen) atoms. The zero-order valence-corrected chi connectivity index (χ0v) is 10.6. The second kappa shape index (κ2) is 4.60. The molecule has 1 aromatic carbocycles. The van der Waals surface area contributed by atoms with Gasteiger partial charge in [0.25, 0.3) is 0 Å². The van der Waals surface area contributed by atoms with E-state index in [-0.39, 0.29) is 11.6 Å². The predicted molar refractivity (Wildman–Crippen MR) is 67.1 cm³/mol. The Morgan fingerprint density at radius 2 is 1.89 bits per heavy atom. The summed E-state index contributed by atoms with van der Waals surface area (Å²) in [7, 11) is 0. The molecule has 0 atom stereocenters. The first-order chi connectivity index (χ1) is 8.50. The molecule has 0 aliphatic heterocycles. The summed E-state index contributed by atoms with van der Waals surface area (Å²) in [4.78, 5) is 11.1. The van der Waals surface area contributed by atoms with Crippen molar-refractivity contribution in [1.82, 2.24) is 15.0 Å². The molecule has 0 aliphatic rings. The topological polar surface area (TPSA) is 68.0 Å². The van der Waals surface area contributed by atoms with Crippen LogP contribution in [0.1, 0.15) is 41.5 Å². The van der Waals surface area contributed by atoms with Crippen LogP contribution < -0.4 is 0 Å². The number of carboxylic acids is 1. The molecular formula is C13H15N3O2. The molecule has 1 aromatic heterocycles. The first-order valence-electron chi connectivity index (χ1n) is 5.76. The first-order valence-corrected chi connectivity index (χ1v) is 5.76. The van der Waals surface area contributed by atoms with Crippen LogP contribution in [0, 0.1) is 6.92 Å². The molecule has 0 amide bonds. The molecular weight excluding hydrogens is 230 g/mol. The second-order valence-electron chi connectivity index (χ2n) is 4.53. The Kier molecular flexibility index (Phi) is 3.14. The zero-order valence-electron chi connectivity index (χ0n) is 10.6. The number of hydrogen-bond donors (Lipinski definition) is 1. The fourth-order valence-corrected chi connectivity index (χ4v) is 1.84. The average Bonchev–Trinajstić information content (AvgIpc) is 2.74. The summed E-state index contributed by atoms with van der Waals surface area (Å²) in [6.45, 7) is 5.85. The summed E-state index contributed by atoms with van der Waals surface area (Å²) in [6.07, 6.45) is 0. The lowest BCUT2D eigenvalue weighted by Crippen LogP contribution is -2.08. The molecule has 0 radical (unpaired) electrons. The average molecular weight is 245 g/mol. The van der Waals surface area contributed by atoms with Crippen molar-refractivity contribution in [2.45, 2.75) is 26.7 Å². The van der Waals surface area contributed by atoms with Crippen LogP contribution >= 0.6 is 0 Å². The van der Waals surface area contributed by atoms with Crippen LogP contribution in [0.4, 0.5) is 0 Å². The van der Waals surface area contributed by atoms with Crippen LogP contribution in [0.3, 0.4) is 0 Å². The number of rotatable bonds is 3. The maximum Gasteiger partial charge on any atom is 0.358 e. The minimum atomic E-state index is -1.04. The van der Waals surface area contributed by atoms with Gasteiger partial charge in [0.1, 0.15) is 0 Å². The third-order valence-electron chi connectivity index (χ3n) is 2.73. The Hall–Kier alpha value is -2.17. The standard InChI is InChI=1S/C13H15N3O2/c1-8(2)12-11(13(17)18)14-15-16(12)10-6-4-9(3)5-7-10/h4-8H,1-3H3,(H,17,18). The third-order valence-corrected chi connectivity index (χ3v) is 2.73. The van der Waals surface area contributed by atoms with Gasteiger partial charge in [0.2, 0.25) is 0 Å². The summed E-state index contributed by atoms with van der Waals surface area (Å²) in [5.41, 5.74) is 2.60. The second-order valence-corrected chi connectivity index (χ2v) is 4.53. The highest BCUT2D eigenvalue weighted by molar-refractivity contribution is 5.86. The summed E-state index contributed by atoms with van der Waals surface area (Å²) >= 11 is 0. The molecule has 94 valence electrons. The molecule has 1 N–H and O–H groups in total. The molecule has 2 aromatic rings. The van der Waals surface area contributed by atoms with Crippen molar-refractivity contribution in [2.75, 3.05) is 0 Å². The fourth-order valence-electron chi connectivity index (χ4n) is 1.84. The highest BCUT2D eigenvalue weighted by Crippen LogP contribution is 2.21. The van der Waals surface area contributed by atoms with E-state index < -0.39 is 5.97 Å². The summed E-state index contributed by atoms with van der Waals surface area (Å²) in [5.74, 6) is -1.01. The molecule has 1 heterocycles. The Balaban J connectivity index is 2.57. The van der Waals surface area contributed by atoms with Gasteiger partial charge in [-0.1, -0.05) is 36.8 Å². The lowest BCUT2D eigenvalue weighted by Gasteiger charge is -2.09. The van der Waals surface area contributed by atoms with Gasteiger partial charge in [-0.25, -0.2) is 9.48 Å². The van der Waals surface area contributed by atoms with Crippen molar-refractivity contribution in [3.63, 3.8) is 0 Å². The van der Waals surface area contributed by atoms with Gasteiger partial charge in [-0.15, -0.1) is 5.10 Å². The maximum atomic E-state index is 11.1. The van der Waals surface area contributed by atoms with Gasteiger partial charge in [-0.05, 0) is 25.0 Å². The van der Waals surface area contributed by atoms with E-state index in [0.717, 1.165) is 11.3 Å². The number of benzene rings is 1. The normalized spacial score (nSPS) is 10.9. The molecule has 5 heteroatoms. The van der Waals surface area contributed by atoms with Crippen molar-refractivity contribution in [2.24, 2.45) is 0 Å². The smallest absolute Gasteiger partial charge is 0.358 e. The minimum Gasteiger partial charge on any atom is -0.476 e. The zero-order chi connectivity index (χ0) is 13.3. The Bertz CT molecular complexity index is 570. The van der Waals surface area contributed by atoms with Crippen LogP contribution in [0.5, 0.6) is 0 Å². The van der Waals surface area contributed by atoms with Crippen LogP contribution in [-0.4, -0.2) is 26.1 Å². The number of aryl methyl sites for hydroxylation is 1. The number of carboxylic acid groups (broad SMARTS) is 1. The van der Waals surface area contributed by atoms with Crippen molar-refractivity contribution in [1.29, 1.82) is 0 Å². The van der Waals surface area contributed by atoms with Crippen molar-refractivity contribution in [3.8, 4) is 5.69 Å². The molecule has 0 saturated carbocycles. The number of hydrogen-bond acceptors (Lipinski definition) is 3. The molecule has 2 rings (SSSR count). The van der Waals surface area contributed by atoms with E-state index >= 15 is 0 Å². The van der Waals surface area contributed by atoms with E-state index in [2.05, 4.69) is 10.3 Å². The van der Waals surface area contributed by atoms with Crippen LogP contribution in [0.25, 0.3) is 5.69 Å². The van der Waals surface area contributed by atoms with Gasteiger partial charge in [-0.3, -0.25) is 0 Å². The van der Waals surface area contributed by atoms with Gasteiger partial charge >= 0.3 is 5.97 Å². The minimum absolute atomic E-state index is 0.0191. The maximum absolute atomic E-state index is 11.1. The first kappa shape index (κ1) is 12.3. The lowest BCUT2D eigenvalue weighted by molar-refractivity contribution is 0.0688. The quantitative estimate of drug-likeness (QED) is 0.901. The van der Waals surface area contributed by atoms with E-state index in [1.54, 1.807) is 4.68 Å². The lowest BCUT2D eigenvalue weighted by atomic mass is 10.1. The van der Waals surface area contributed by atoms with Crippen LogP contribution in [0.15, 0.2) is 24.3 Å². The van der Waals surface area contributed by atoms with Crippen LogP contribution in [-0.2, 0) is 0 Å². The van der Waals surface area contributed by atoms with Gasteiger partial charge in [0, 0.05) is 0 Å². The van der Waals surface area contributed by atoms with E-state index in [9.17, 15) is 4.79 Å². The van der Waals surface area contributed by atoms with Gasteiger partial charge in [-0.2, -0.15) is 0 Å². The number of carbonyl (C=O) groups is 1.